The zero-order valence-corrected chi connectivity index (χ0v) is 57.0. The minimum absolute atomic E-state index is 0.00939. The van der Waals surface area contributed by atoms with Crippen molar-refractivity contribution in [3.63, 3.8) is 0 Å². The van der Waals surface area contributed by atoms with E-state index < -0.39 is 26.6 Å². The van der Waals surface area contributed by atoms with Gasteiger partial charge in [0.15, 0.2) is 0 Å². The van der Waals surface area contributed by atoms with Crippen LogP contribution in [0.25, 0.3) is 0 Å². The number of rotatable bonds is 66. The van der Waals surface area contributed by atoms with Gasteiger partial charge >= 0.3 is 0 Å². The average molecular weight is 1200 g/mol. The van der Waals surface area contributed by atoms with E-state index in [0.717, 1.165) is 70.6 Å². The Kier molecular flexibility index (Phi) is 63.3. The van der Waals surface area contributed by atoms with Gasteiger partial charge in [-0.05, 0) is 83.5 Å². The zero-order valence-electron chi connectivity index (χ0n) is 56.1. The summed E-state index contributed by atoms with van der Waals surface area (Å²) in [6, 6.07) is -0.912. The number of aliphatic hydroxyl groups excluding tert-OH is 1. The smallest absolute Gasteiger partial charge is 0.268 e. The molecule has 0 aliphatic carbocycles. The summed E-state index contributed by atoms with van der Waals surface area (Å²) < 4.78 is 23.4. The molecule has 3 atom stereocenters. The third-order valence-electron chi connectivity index (χ3n) is 16.1. The number of nitrogens with zero attached hydrogens (tertiary/aromatic N) is 1. The van der Waals surface area contributed by atoms with E-state index in [1.165, 1.54) is 244 Å². The largest absolute Gasteiger partial charge is 0.756 e. The number of nitrogens with one attached hydrogen (secondary N) is 1. The van der Waals surface area contributed by atoms with Crippen LogP contribution in [0.15, 0.2) is 85.1 Å². The minimum atomic E-state index is -4.62. The Morgan fingerprint density at radius 3 is 1.11 bits per heavy atom. The van der Waals surface area contributed by atoms with Gasteiger partial charge in [0.05, 0.1) is 39.9 Å². The molecule has 0 bridgehead atoms. The van der Waals surface area contributed by atoms with Crippen molar-refractivity contribution in [3.8, 4) is 0 Å². The Labute approximate surface area is 522 Å². The van der Waals surface area contributed by atoms with E-state index in [2.05, 4.69) is 92.1 Å². The number of phosphoric ester groups is 1. The summed E-state index contributed by atoms with van der Waals surface area (Å²) >= 11 is 0. The van der Waals surface area contributed by atoms with E-state index in [4.69, 9.17) is 9.05 Å². The Bertz CT molecular complexity index is 1650. The van der Waals surface area contributed by atoms with Crippen molar-refractivity contribution in [2.75, 3.05) is 40.9 Å². The first kappa shape index (κ1) is 81.7. The number of hydrogen-bond acceptors (Lipinski definition) is 6. The van der Waals surface area contributed by atoms with Crippen molar-refractivity contribution in [1.29, 1.82) is 0 Å². The number of quaternary nitrogens is 1. The summed E-state index contributed by atoms with van der Waals surface area (Å²) in [4.78, 5) is 25.6. The van der Waals surface area contributed by atoms with Crippen LogP contribution < -0.4 is 10.2 Å². The number of carbonyl (C=O) groups excluding carboxylic acids is 1. The molecule has 0 aromatic rings. The van der Waals surface area contributed by atoms with Crippen LogP contribution in [0.1, 0.15) is 335 Å². The third kappa shape index (κ3) is 67.2. The Hall–Kier alpha value is -2.32. The number of allylic oxidation sites excluding steroid dienone is 13. The molecule has 0 heterocycles. The van der Waals surface area contributed by atoms with Crippen LogP contribution in [0, 0.1) is 0 Å². The van der Waals surface area contributed by atoms with Crippen LogP contribution in [0.4, 0.5) is 0 Å². The molecule has 2 N–H and O–H groups in total. The number of phosphoric acid groups is 1. The van der Waals surface area contributed by atoms with Gasteiger partial charge in [0.25, 0.3) is 7.82 Å². The van der Waals surface area contributed by atoms with Crippen LogP contribution in [0.3, 0.4) is 0 Å². The number of carbonyl (C=O) groups is 1. The molecule has 0 spiro atoms. The van der Waals surface area contributed by atoms with Gasteiger partial charge in [0.2, 0.25) is 5.91 Å². The van der Waals surface area contributed by atoms with Gasteiger partial charge in [-0.3, -0.25) is 9.36 Å². The lowest BCUT2D eigenvalue weighted by Crippen LogP contribution is -2.45. The fourth-order valence-corrected chi connectivity index (χ4v) is 11.3. The maximum atomic E-state index is 13.0. The number of aliphatic hydroxyl groups is 1. The van der Waals surface area contributed by atoms with Gasteiger partial charge in [-0.25, -0.2) is 0 Å². The van der Waals surface area contributed by atoms with E-state index in [1.54, 1.807) is 6.08 Å². The van der Waals surface area contributed by atoms with Crippen molar-refractivity contribution in [3.05, 3.63) is 85.1 Å². The Morgan fingerprint density at radius 2 is 0.738 bits per heavy atom. The fourth-order valence-electron chi connectivity index (χ4n) is 10.5. The molecule has 0 rings (SSSR count). The summed E-state index contributed by atoms with van der Waals surface area (Å²) in [5.41, 5.74) is 0. The molecule has 0 aromatic carbocycles. The van der Waals surface area contributed by atoms with Gasteiger partial charge in [-0.15, -0.1) is 0 Å². The third-order valence-corrected chi connectivity index (χ3v) is 17.0. The van der Waals surface area contributed by atoms with Gasteiger partial charge in [-0.1, -0.05) is 330 Å². The van der Waals surface area contributed by atoms with Crippen LogP contribution in [-0.2, 0) is 18.4 Å². The summed E-state index contributed by atoms with van der Waals surface area (Å²) in [5.74, 6) is -0.207. The molecule has 0 saturated carbocycles. The predicted octanol–water partition coefficient (Wildman–Crippen LogP) is 22.5. The van der Waals surface area contributed by atoms with Gasteiger partial charge in [0.1, 0.15) is 13.2 Å². The van der Waals surface area contributed by atoms with Crippen molar-refractivity contribution in [2.24, 2.45) is 0 Å². The minimum Gasteiger partial charge on any atom is -0.756 e. The first-order valence-corrected chi connectivity index (χ1v) is 37.4. The second-order valence-electron chi connectivity index (χ2n) is 25.5. The standard InChI is InChI=1S/C75H139N2O6P/c1-6-8-10-12-14-16-18-20-22-24-26-28-30-31-32-33-34-35-36-37-38-39-40-41-42-43-44-45-47-49-51-53-55-57-59-61-63-65-67-69-75(79)76-73(72-83-84(80,81)82-71-70-77(3,4)5)74(78)68-66-64-62-60-58-56-54-52-50-48-46-29-27-25-23-21-19-17-15-13-11-9-7-2/h8,10,14,16,20,22,26,28,50,52,58,60,66,68,73-74,78H,6-7,9,11-13,15,17-19,21,23-25,27,29-49,51,53-57,59,61-65,67,69-72H2,1-5H3,(H-,76,79,80,81)/b10-8-,16-14-,22-20-,28-26-,52-50+,60-58+,68-66+. The van der Waals surface area contributed by atoms with Crippen molar-refractivity contribution >= 4 is 13.7 Å². The van der Waals surface area contributed by atoms with E-state index in [0.29, 0.717) is 17.4 Å². The maximum Gasteiger partial charge on any atom is 0.268 e. The van der Waals surface area contributed by atoms with Crippen LogP contribution in [-0.4, -0.2) is 68.5 Å². The number of unbranched alkanes of at least 4 members (excludes halogenated alkanes) is 41. The van der Waals surface area contributed by atoms with Crippen LogP contribution >= 0.6 is 7.82 Å². The lowest BCUT2D eigenvalue weighted by molar-refractivity contribution is -0.870. The first-order valence-electron chi connectivity index (χ1n) is 35.9. The molecule has 0 fully saturated rings. The van der Waals surface area contributed by atoms with Crippen molar-refractivity contribution in [1.82, 2.24) is 5.32 Å². The van der Waals surface area contributed by atoms with E-state index in [9.17, 15) is 19.4 Å². The highest BCUT2D eigenvalue weighted by Gasteiger charge is 2.23. The van der Waals surface area contributed by atoms with Crippen LogP contribution in [0.5, 0.6) is 0 Å². The average Bonchev–Trinajstić information content (AvgIpc) is 3.56. The predicted molar refractivity (Wildman–Crippen MR) is 367 cm³/mol. The van der Waals surface area contributed by atoms with Gasteiger partial charge in [0, 0.05) is 6.42 Å². The summed E-state index contributed by atoms with van der Waals surface area (Å²) in [5, 5.41) is 13.9. The quantitative estimate of drug-likeness (QED) is 0.0272. The Morgan fingerprint density at radius 1 is 0.429 bits per heavy atom. The lowest BCUT2D eigenvalue weighted by atomic mass is 10.0. The summed E-state index contributed by atoms with van der Waals surface area (Å²) in [6.45, 7) is 4.54. The molecule has 84 heavy (non-hydrogen) atoms. The van der Waals surface area contributed by atoms with Gasteiger partial charge < -0.3 is 28.8 Å². The molecule has 8 nitrogen and oxygen atoms in total. The zero-order chi connectivity index (χ0) is 61.2. The van der Waals surface area contributed by atoms with E-state index in [1.807, 2.05) is 27.2 Å². The van der Waals surface area contributed by atoms with Gasteiger partial charge in [-0.2, -0.15) is 0 Å². The lowest BCUT2D eigenvalue weighted by Gasteiger charge is -2.29. The topological polar surface area (TPSA) is 108 Å². The molecule has 1 amide bonds. The molecule has 0 aromatic heterocycles. The molecular weight excluding hydrogens is 1060 g/mol. The van der Waals surface area contributed by atoms with Crippen LogP contribution in [0.2, 0.25) is 0 Å². The molecule has 0 saturated heterocycles. The molecule has 9 heteroatoms. The number of amides is 1. The summed E-state index contributed by atoms with van der Waals surface area (Å²) in [7, 11) is 1.24. The highest BCUT2D eigenvalue weighted by atomic mass is 31.2. The highest BCUT2D eigenvalue weighted by molar-refractivity contribution is 7.45. The van der Waals surface area contributed by atoms with E-state index >= 15 is 0 Å². The second-order valence-corrected chi connectivity index (χ2v) is 27.0. The second kappa shape index (κ2) is 65.1. The van der Waals surface area contributed by atoms with Crippen molar-refractivity contribution in [2.45, 2.75) is 347 Å². The normalized spacial score (nSPS) is 14.1. The molecule has 490 valence electrons. The first-order chi connectivity index (χ1) is 41.0. The van der Waals surface area contributed by atoms with E-state index in [-0.39, 0.29) is 12.5 Å². The Balaban J connectivity index is 4.00. The molecule has 0 aliphatic rings. The SMILES string of the molecule is CC/C=C\C/C=C\C/C=C\C/C=C\CCCCCCCCCCCCCCCCCCCCCCCCCCCCC(=O)NC(COP(=O)([O-])OCC[N+](C)(C)C)C(O)/C=C/CC/C=C/CC/C=C/CCCCCCCCCCCCCCC. The number of hydrogen-bond donors (Lipinski definition) is 2. The number of likely N-dealkylation sites (N-methyl/N-ethyl adjacent to an activating group) is 1. The molecule has 0 aliphatic heterocycles. The fraction of sp³-hybridized carbons (Fsp3) is 0.800. The highest BCUT2D eigenvalue weighted by Crippen LogP contribution is 2.38. The maximum absolute atomic E-state index is 13.0. The molecular formula is C75H139N2O6P. The molecule has 3 unspecified atom stereocenters. The summed E-state index contributed by atoms with van der Waals surface area (Å²) in [6.07, 6.45) is 93.0. The molecule has 0 radical (unpaired) electrons. The monoisotopic (exact) mass is 1200 g/mol. The van der Waals surface area contributed by atoms with Crippen molar-refractivity contribution < 1.29 is 32.9 Å².